The monoisotopic (exact) mass is 289 g/mol. The van der Waals surface area contributed by atoms with Crippen molar-refractivity contribution in [3.05, 3.63) is 40.0 Å². The number of fused-ring (bicyclic) bond motifs is 1. The summed E-state index contributed by atoms with van der Waals surface area (Å²) >= 11 is 3.26. The minimum atomic E-state index is -4.35. The average Bonchev–Trinajstić information content (AvgIpc) is 2.22. The van der Waals surface area contributed by atoms with E-state index in [0.29, 0.717) is 15.4 Å². The molecule has 0 spiro atoms. The molecule has 0 aliphatic rings. The van der Waals surface area contributed by atoms with Crippen LogP contribution in [-0.4, -0.2) is 4.98 Å². The van der Waals surface area contributed by atoms with Gasteiger partial charge in [0.15, 0.2) is 0 Å². The lowest BCUT2D eigenvalue weighted by atomic mass is 10.1. The van der Waals surface area contributed by atoms with Gasteiger partial charge in [0.2, 0.25) is 0 Å². The summed E-state index contributed by atoms with van der Waals surface area (Å²) in [6, 6.07) is 4.66. The van der Waals surface area contributed by atoms with Crippen LogP contribution in [0.15, 0.2) is 28.9 Å². The van der Waals surface area contributed by atoms with Crippen molar-refractivity contribution in [3.8, 4) is 0 Å². The first-order valence-corrected chi connectivity index (χ1v) is 5.31. The molecule has 0 aliphatic carbocycles. The van der Waals surface area contributed by atoms with Crippen LogP contribution in [0.4, 0.5) is 13.2 Å². The first kappa shape index (κ1) is 11.4. The first-order valence-electron chi connectivity index (χ1n) is 4.51. The second kappa shape index (κ2) is 3.73. The van der Waals surface area contributed by atoms with E-state index in [9.17, 15) is 13.2 Å². The van der Waals surface area contributed by atoms with Gasteiger partial charge in [-0.3, -0.25) is 4.98 Å². The van der Waals surface area contributed by atoms with Crippen LogP contribution in [-0.2, 0) is 6.18 Å². The summed E-state index contributed by atoms with van der Waals surface area (Å²) in [5.41, 5.74) is 0.603. The lowest BCUT2D eigenvalue weighted by Crippen LogP contribution is -2.05. The van der Waals surface area contributed by atoms with Gasteiger partial charge in [0.05, 0.1) is 11.1 Å². The summed E-state index contributed by atoms with van der Waals surface area (Å²) in [5.74, 6) is 0. The Morgan fingerprint density at radius 2 is 1.94 bits per heavy atom. The number of hydrogen-bond donors (Lipinski definition) is 0. The van der Waals surface area contributed by atoms with Gasteiger partial charge in [0.1, 0.15) is 0 Å². The summed E-state index contributed by atoms with van der Waals surface area (Å²) in [6.07, 6.45) is -3.50. The number of benzene rings is 1. The normalized spacial score (nSPS) is 12.1. The predicted molar refractivity (Wildman–Crippen MR) is 59.2 cm³/mol. The second-order valence-corrected chi connectivity index (χ2v) is 4.34. The molecule has 0 saturated heterocycles. The van der Waals surface area contributed by atoms with E-state index >= 15 is 0 Å². The van der Waals surface area contributed by atoms with E-state index in [1.807, 2.05) is 0 Å². The SMILES string of the molecule is Cc1ccc(Br)c2ncc(C(F)(F)F)cc12. The summed E-state index contributed by atoms with van der Waals surface area (Å²) in [5, 5.41) is 0.518. The van der Waals surface area contributed by atoms with Crippen molar-refractivity contribution in [3.63, 3.8) is 0 Å². The Morgan fingerprint density at radius 1 is 1.25 bits per heavy atom. The van der Waals surface area contributed by atoms with Gasteiger partial charge in [0, 0.05) is 16.1 Å². The van der Waals surface area contributed by atoms with Crippen LogP contribution in [0, 0.1) is 6.92 Å². The molecule has 0 fully saturated rings. The van der Waals surface area contributed by atoms with Gasteiger partial charge in [0.25, 0.3) is 0 Å². The van der Waals surface area contributed by atoms with Crippen LogP contribution in [0.2, 0.25) is 0 Å². The van der Waals surface area contributed by atoms with E-state index in [1.165, 1.54) is 0 Å². The largest absolute Gasteiger partial charge is 0.417 e. The van der Waals surface area contributed by atoms with Crippen LogP contribution < -0.4 is 0 Å². The van der Waals surface area contributed by atoms with Gasteiger partial charge in [-0.15, -0.1) is 0 Å². The standard InChI is InChI=1S/C11H7BrF3N/c1-6-2-3-9(12)10-8(6)4-7(5-16-10)11(13,14)15/h2-5H,1H3. The Hall–Kier alpha value is -1.10. The zero-order chi connectivity index (χ0) is 11.9. The molecule has 84 valence electrons. The molecular formula is C11H7BrF3N. The number of halogens is 4. The third-order valence-electron chi connectivity index (χ3n) is 2.35. The number of alkyl halides is 3. The van der Waals surface area contributed by atoms with Crippen LogP contribution in [0.5, 0.6) is 0 Å². The van der Waals surface area contributed by atoms with Crippen molar-refractivity contribution in [1.29, 1.82) is 0 Å². The first-order chi connectivity index (χ1) is 7.39. The van der Waals surface area contributed by atoms with Gasteiger partial charge in [-0.2, -0.15) is 13.2 Å². The Kier molecular flexibility index (Phi) is 2.66. The van der Waals surface area contributed by atoms with Crippen molar-refractivity contribution in [2.45, 2.75) is 13.1 Å². The van der Waals surface area contributed by atoms with E-state index in [-0.39, 0.29) is 0 Å². The van der Waals surface area contributed by atoms with Crippen molar-refractivity contribution < 1.29 is 13.2 Å². The van der Waals surface area contributed by atoms with Crippen LogP contribution >= 0.6 is 15.9 Å². The molecule has 1 heterocycles. The van der Waals surface area contributed by atoms with Crippen molar-refractivity contribution in [1.82, 2.24) is 4.98 Å². The van der Waals surface area contributed by atoms with Gasteiger partial charge >= 0.3 is 6.18 Å². The molecule has 0 N–H and O–H groups in total. The number of rotatable bonds is 0. The highest BCUT2D eigenvalue weighted by Crippen LogP contribution is 2.33. The van der Waals surface area contributed by atoms with E-state index in [4.69, 9.17) is 0 Å². The van der Waals surface area contributed by atoms with E-state index < -0.39 is 11.7 Å². The Morgan fingerprint density at radius 3 is 2.56 bits per heavy atom. The highest BCUT2D eigenvalue weighted by molar-refractivity contribution is 9.10. The van der Waals surface area contributed by atoms with Gasteiger partial charge in [-0.25, -0.2) is 0 Å². The Labute approximate surface area is 98.4 Å². The van der Waals surface area contributed by atoms with Gasteiger partial charge in [-0.1, -0.05) is 6.07 Å². The molecule has 2 rings (SSSR count). The predicted octanol–water partition coefficient (Wildman–Crippen LogP) is 4.32. The summed E-state index contributed by atoms with van der Waals surface area (Å²) in [6.45, 7) is 1.76. The highest BCUT2D eigenvalue weighted by atomic mass is 79.9. The maximum absolute atomic E-state index is 12.5. The molecule has 0 saturated carbocycles. The molecule has 5 heteroatoms. The maximum atomic E-state index is 12.5. The molecule has 0 radical (unpaired) electrons. The van der Waals surface area contributed by atoms with E-state index in [0.717, 1.165) is 17.8 Å². The number of nitrogens with zero attached hydrogens (tertiary/aromatic N) is 1. The quantitative estimate of drug-likeness (QED) is 0.704. The fourth-order valence-corrected chi connectivity index (χ4v) is 1.93. The molecule has 0 atom stereocenters. The summed E-state index contributed by atoms with van der Waals surface area (Å²) in [7, 11) is 0. The average molecular weight is 290 g/mol. The fourth-order valence-electron chi connectivity index (χ4n) is 1.48. The fraction of sp³-hybridized carbons (Fsp3) is 0.182. The van der Waals surface area contributed by atoms with Crippen molar-refractivity contribution in [2.75, 3.05) is 0 Å². The summed E-state index contributed by atoms with van der Waals surface area (Å²) < 4.78 is 38.2. The van der Waals surface area contributed by atoms with Crippen molar-refractivity contribution in [2.24, 2.45) is 0 Å². The van der Waals surface area contributed by atoms with E-state index in [1.54, 1.807) is 19.1 Å². The minimum Gasteiger partial charge on any atom is -0.254 e. The van der Waals surface area contributed by atoms with Crippen LogP contribution in [0.3, 0.4) is 0 Å². The molecule has 2 aromatic rings. The summed E-state index contributed by atoms with van der Waals surface area (Å²) in [4.78, 5) is 3.84. The molecule has 0 amide bonds. The number of hydrogen-bond acceptors (Lipinski definition) is 1. The topological polar surface area (TPSA) is 12.9 Å². The zero-order valence-corrected chi connectivity index (χ0v) is 9.85. The highest BCUT2D eigenvalue weighted by Gasteiger charge is 2.31. The Bertz CT molecular complexity index is 549. The molecular weight excluding hydrogens is 283 g/mol. The lowest BCUT2D eigenvalue weighted by molar-refractivity contribution is -0.137. The smallest absolute Gasteiger partial charge is 0.254 e. The number of aromatic nitrogens is 1. The second-order valence-electron chi connectivity index (χ2n) is 3.48. The molecule has 0 bridgehead atoms. The van der Waals surface area contributed by atoms with Crippen LogP contribution in [0.1, 0.15) is 11.1 Å². The third kappa shape index (κ3) is 1.91. The molecule has 1 nitrogen and oxygen atoms in total. The van der Waals surface area contributed by atoms with E-state index in [2.05, 4.69) is 20.9 Å². The molecule has 0 unspecified atom stereocenters. The van der Waals surface area contributed by atoms with Gasteiger partial charge < -0.3 is 0 Å². The zero-order valence-electron chi connectivity index (χ0n) is 8.27. The van der Waals surface area contributed by atoms with Gasteiger partial charge in [-0.05, 0) is 40.5 Å². The molecule has 0 aliphatic heterocycles. The Balaban J connectivity index is 2.76. The maximum Gasteiger partial charge on any atom is 0.417 e. The van der Waals surface area contributed by atoms with Crippen molar-refractivity contribution >= 4 is 26.8 Å². The molecule has 16 heavy (non-hydrogen) atoms. The lowest BCUT2D eigenvalue weighted by Gasteiger charge is -2.09. The molecule has 1 aromatic carbocycles. The number of aryl methyl sites for hydroxylation is 1. The number of pyridine rings is 1. The minimum absolute atomic E-state index is 0.518. The third-order valence-corrected chi connectivity index (χ3v) is 2.99. The molecule has 1 aromatic heterocycles. The van der Waals surface area contributed by atoms with Crippen LogP contribution in [0.25, 0.3) is 10.9 Å².